The first kappa shape index (κ1) is 17.7. The second-order valence-corrected chi connectivity index (χ2v) is 7.44. The fourth-order valence-electron chi connectivity index (χ4n) is 3.55. The van der Waals surface area contributed by atoms with Gasteiger partial charge in [-0.15, -0.1) is 10.2 Å². The summed E-state index contributed by atoms with van der Waals surface area (Å²) in [6.07, 6.45) is 5.28. The zero-order valence-electron chi connectivity index (χ0n) is 15.5. The van der Waals surface area contributed by atoms with Crippen LogP contribution in [0.25, 0.3) is 16.9 Å². The van der Waals surface area contributed by atoms with Crippen molar-refractivity contribution in [3.8, 4) is 5.82 Å². The SMILES string of the molecule is O=C(Nc1cccc2nsnc12)[C@H]1CCCN(c2ccc(-n3cccn3)nn2)C1. The lowest BCUT2D eigenvalue weighted by Crippen LogP contribution is -2.41. The number of amides is 1. The Morgan fingerprint density at radius 1 is 1.10 bits per heavy atom. The molecule has 10 heteroatoms. The maximum absolute atomic E-state index is 12.9. The van der Waals surface area contributed by atoms with E-state index in [2.05, 4.69) is 34.3 Å². The Morgan fingerprint density at radius 2 is 2.00 bits per heavy atom. The van der Waals surface area contributed by atoms with Crippen LogP contribution in [0, 0.1) is 5.92 Å². The van der Waals surface area contributed by atoms with Crippen LogP contribution < -0.4 is 10.2 Å². The molecule has 1 N–H and O–H groups in total. The number of benzene rings is 1. The number of fused-ring (bicyclic) bond motifs is 1. The molecular weight excluding hydrogens is 388 g/mol. The number of piperidine rings is 1. The minimum atomic E-state index is -0.127. The molecule has 4 aromatic rings. The molecule has 3 aromatic heterocycles. The average Bonchev–Trinajstić information content (AvgIpc) is 3.47. The topological polar surface area (TPSA) is 102 Å². The van der Waals surface area contributed by atoms with Crippen molar-refractivity contribution in [1.29, 1.82) is 0 Å². The highest BCUT2D eigenvalue weighted by molar-refractivity contribution is 7.00. The van der Waals surface area contributed by atoms with E-state index in [4.69, 9.17) is 0 Å². The van der Waals surface area contributed by atoms with Gasteiger partial charge >= 0.3 is 0 Å². The molecule has 5 rings (SSSR count). The molecule has 0 radical (unpaired) electrons. The van der Waals surface area contributed by atoms with E-state index in [1.165, 1.54) is 0 Å². The average molecular weight is 406 g/mol. The molecule has 9 nitrogen and oxygen atoms in total. The highest BCUT2D eigenvalue weighted by Gasteiger charge is 2.27. The standard InChI is InChI=1S/C19H18N8OS/c28-19(21-14-5-1-6-15-18(14)25-29-24-15)13-4-2-10-26(12-13)16-7-8-17(23-22-16)27-11-3-9-20-27/h1,3,5-9,11,13H,2,4,10,12H2,(H,21,28)/t13-/m0/s1. The van der Waals surface area contributed by atoms with Gasteiger partial charge in [0, 0.05) is 25.5 Å². The molecule has 0 bridgehead atoms. The summed E-state index contributed by atoms with van der Waals surface area (Å²) in [5.41, 5.74) is 2.24. The second kappa shape index (κ2) is 7.55. The van der Waals surface area contributed by atoms with Crippen LogP contribution in [0.3, 0.4) is 0 Å². The van der Waals surface area contributed by atoms with E-state index in [-0.39, 0.29) is 11.8 Å². The van der Waals surface area contributed by atoms with Crippen LogP contribution in [0.1, 0.15) is 12.8 Å². The summed E-state index contributed by atoms with van der Waals surface area (Å²) in [7, 11) is 0. The fourth-order valence-corrected chi connectivity index (χ4v) is 4.10. The van der Waals surface area contributed by atoms with Crippen molar-refractivity contribution in [2.75, 3.05) is 23.3 Å². The van der Waals surface area contributed by atoms with Crippen molar-refractivity contribution >= 4 is 40.2 Å². The van der Waals surface area contributed by atoms with E-state index in [9.17, 15) is 4.79 Å². The quantitative estimate of drug-likeness (QED) is 0.556. The Hall–Kier alpha value is -3.40. The summed E-state index contributed by atoms with van der Waals surface area (Å²) in [5, 5.41) is 15.8. The number of nitrogens with zero attached hydrogens (tertiary/aromatic N) is 7. The molecule has 1 aliphatic rings. The summed E-state index contributed by atoms with van der Waals surface area (Å²) < 4.78 is 10.2. The minimum absolute atomic E-state index is 0.00341. The molecule has 29 heavy (non-hydrogen) atoms. The van der Waals surface area contributed by atoms with Gasteiger partial charge in [0.15, 0.2) is 11.6 Å². The smallest absolute Gasteiger partial charge is 0.229 e. The van der Waals surface area contributed by atoms with Gasteiger partial charge in [-0.25, -0.2) is 4.68 Å². The lowest BCUT2D eigenvalue weighted by atomic mass is 9.97. The maximum Gasteiger partial charge on any atom is 0.229 e. The summed E-state index contributed by atoms with van der Waals surface area (Å²) in [6, 6.07) is 11.3. The third-order valence-electron chi connectivity index (χ3n) is 5.04. The van der Waals surface area contributed by atoms with Gasteiger partial charge in [-0.1, -0.05) is 6.07 Å². The highest BCUT2D eigenvalue weighted by Crippen LogP contribution is 2.25. The molecule has 1 saturated heterocycles. The summed E-state index contributed by atoms with van der Waals surface area (Å²) in [6.45, 7) is 1.46. The Labute approximate surface area is 170 Å². The van der Waals surface area contributed by atoms with Gasteiger partial charge in [-0.2, -0.15) is 13.8 Å². The van der Waals surface area contributed by atoms with Crippen LogP contribution in [0.2, 0.25) is 0 Å². The predicted octanol–water partition coefficient (Wildman–Crippen LogP) is 2.52. The van der Waals surface area contributed by atoms with Crippen LogP contribution in [0.5, 0.6) is 0 Å². The first-order valence-corrected chi connectivity index (χ1v) is 10.1. The molecule has 1 aliphatic heterocycles. The molecule has 1 atom stereocenters. The number of hydrogen-bond donors (Lipinski definition) is 1. The van der Waals surface area contributed by atoms with Crippen LogP contribution in [0.15, 0.2) is 48.8 Å². The Balaban J connectivity index is 1.29. The second-order valence-electron chi connectivity index (χ2n) is 6.91. The molecule has 1 aromatic carbocycles. The molecule has 146 valence electrons. The molecular formula is C19H18N8OS. The van der Waals surface area contributed by atoms with Crippen molar-refractivity contribution in [3.05, 3.63) is 48.8 Å². The van der Waals surface area contributed by atoms with Gasteiger partial charge in [0.05, 0.1) is 23.3 Å². The van der Waals surface area contributed by atoms with E-state index in [0.717, 1.165) is 48.0 Å². The molecule has 0 spiro atoms. The van der Waals surface area contributed by atoms with Gasteiger partial charge in [-0.3, -0.25) is 4.79 Å². The van der Waals surface area contributed by atoms with E-state index >= 15 is 0 Å². The van der Waals surface area contributed by atoms with Crippen molar-refractivity contribution in [2.45, 2.75) is 12.8 Å². The largest absolute Gasteiger partial charge is 0.354 e. The molecule has 0 aliphatic carbocycles. The highest BCUT2D eigenvalue weighted by atomic mass is 32.1. The zero-order valence-corrected chi connectivity index (χ0v) is 16.3. The Bertz CT molecular complexity index is 1120. The van der Waals surface area contributed by atoms with Gasteiger partial charge in [0.1, 0.15) is 11.0 Å². The Kier molecular flexibility index (Phi) is 4.60. The first-order chi connectivity index (χ1) is 14.3. The van der Waals surface area contributed by atoms with E-state index in [0.29, 0.717) is 18.1 Å². The number of anilines is 2. The van der Waals surface area contributed by atoms with Gasteiger partial charge < -0.3 is 10.2 Å². The van der Waals surface area contributed by atoms with Crippen molar-refractivity contribution in [2.24, 2.45) is 5.92 Å². The fraction of sp³-hybridized carbons (Fsp3) is 0.263. The van der Waals surface area contributed by atoms with Crippen molar-refractivity contribution < 1.29 is 4.79 Å². The number of carbonyl (C=O) groups is 1. The van der Waals surface area contributed by atoms with Gasteiger partial charge in [0.25, 0.3) is 0 Å². The third kappa shape index (κ3) is 3.54. The maximum atomic E-state index is 12.9. The number of rotatable bonds is 4. The Morgan fingerprint density at radius 3 is 2.83 bits per heavy atom. The van der Waals surface area contributed by atoms with Gasteiger partial charge in [0.2, 0.25) is 5.91 Å². The first-order valence-electron chi connectivity index (χ1n) is 9.39. The number of nitrogens with one attached hydrogen (secondary N) is 1. The summed E-state index contributed by atoms with van der Waals surface area (Å²) >= 11 is 1.15. The zero-order chi connectivity index (χ0) is 19.6. The van der Waals surface area contributed by atoms with Crippen molar-refractivity contribution in [3.63, 3.8) is 0 Å². The number of hydrogen-bond acceptors (Lipinski definition) is 8. The molecule has 0 unspecified atom stereocenters. The number of carbonyl (C=O) groups excluding carboxylic acids is 1. The third-order valence-corrected chi connectivity index (χ3v) is 5.58. The monoisotopic (exact) mass is 406 g/mol. The predicted molar refractivity (Wildman–Crippen MR) is 110 cm³/mol. The van der Waals surface area contributed by atoms with Gasteiger partial charge in [-0.05, 0) is 43.2 Å². The van der Waals surface area contributed by atoms with Crippen LogP contribution >= 0.6 is 11.7 Å². The van der Waals surface area contributed by atoms with E-state index < -0.39 is 0 Å². The van der Waals surface area contributed by atoms with Crippen LogP contribution in [-0.2, 0) is 4.79 Å². The van der Waals surface area contributed by atoms with Crippen molar-refractivity contribution in [1.82, 2.24) is 28.7 Å². The normalized spacial score (nSPS) is 16.8. The minimum Gasteiger partial charge on any atom is -0.354 e. The molecule has 0 saturated carbocycles. The summed E-state index contributed by atoms with van der Waals surface area (Å²) in [4.78, 5) is 15.0. The number of aromatic nitrogens is 6. The van der Waals surface area contributed by atoms with Crippen LogP contribution in [0.4, 0.5) is 11.5 Å². The molecule has 4 heterocycles. The molecule has 1 amide bonds. The molecule has 1 fully saturated rings. The lowest BCUT2D eigenvalue weighted by Gasteiger charge is -2.32. The van der Waals surface area contributed by atoms with E-state index in [1.54, 1.807) is 10.9 Å². The van der Waals surface area contributed by atoms with E-state index in [1.807, 2.05) is 42.6 Å². The van der Waals surface area contributed by atoms with Crippen LogP contribution in [-0.4, -0.2) is 47.7 Å². The lowest BCUT2D eigenvalue weighted by molar-refractivity contribution is -0.120. The summed E-state index contributed by atoms with van der Waals surface area (Å²) in [5.74, 6) is 1.30.